The van der Waals surface area contributed by atoms with Crippen molar-refractivity contribution in [2.24, 2.45) is 5.73 Å². The van der Waals surface area contributed by atoms with E-state index in [1.54, 1.807) is 24.3 Å². The fraction of sp³-hybridized carbons (Fsp3) is 0.263. The average Bonchev–Trinajstić information content (AvgIpc) is 2.85. The van der Waals surface area contributed by atoms with Crippen LogP contribution >= 0.6 is 0 Å². The fourth-order valence-electron chi connectivity index (χ4n) is 2.84. The second-order valence-corrected chi connectivity index (χ2v) is 6.27. The van der Waals surface area contributed by atoms with E-state index in [1.807, 2.05) is 0 Å². The molecule has 0 radical (unpaired) electrons. The highest BCUT2D eigenvalue weighted by Crippen LogP contribution is 2.29. The Kier molecular flexibility index (Phi) is 5.79. The van der Waals surface area contributed by atoms with Crippen molar-refractivity contribution >= 4 is 23.8 Å². The molecule has 5 amide bonds. The molecule has 1 fully saturated rings. The van der Waals surface area contributed by atoms with Crippen LogP contribution in [0, 0.1) is 0 Å². The Labute approximate surface area is 157 Å². The van der Waals surface area contributed by atoms with Crippen molar-refractivity contribution in [2.45, 2.75) is 12.5 Å². The number of carbonyl (C=O) groups is 4. The summed E-state index contributed by atoms with van der Waals surface area (Å²) in [5.41, 5.74) is 4.50. The monoisotopic (exact) mass is 370 g/mol. The summed E-state index contributed by atoms with van der Waals surface area (Å²) in [5.74, 6) is -1.64. The Morgan fingerprint density at radius 3 is 2.44 bits per heavy atom. The SMILES string of the molecule is C=CCN(CC=C)C(=O)CN1C(=O)NC(C)(c2cccc(C(N)=O)c2)C1=O. The third kappa shape index (κ3) is 3.89. The summed E-state index contributed by atoms with van der Waals surface area (Å²) in [6, 6.07) is 5.47. The van der Waals surface area contributed by atoms with E-state index in [4.69, 9.17) is 5.73 Å². The molecule has 0 bridgehead atoms. The van der Waals surface area contributed by atoms with Crippen LogP contribution in [0.15, 0.2) is 49.6 Å². The van der Waals surface area contributed by atoms with Crippen molar-refractivity contribution < 1.29 is 19.2 Å². The van der Waals surface area contributed by atoms with Crippen molar-refractivity contribution in [1.82, 2.24) is 15.1 Å². The Hall–Kier alpha value is -3.42. The van der Waals surface area contributed by atoms with Gasteiger partial charge in [0.1, 0.15) is 12.1 Å². The van der Waals surface area contributed by atoms with E-state index < -0.39 is 35.8 Å². The first-order valence-corrected chi connectivity index (χ1v) is 8.28. The highest BCUT2D eigenvalue weighted by Gasteiger charge is 2.49. The number of nitrogens with one attached hydrogen (secondary N) is 1. The van der Waals surface area contributed by atoms with Crippen molar-refractivity contribution in [3.8, 4) is 0 Å². The van der Waals surface area contributed by atoms with Crippen LogP contribution in [-0.2, 0) is 15.1 Å². The number of primary amides is 1. The van der Waals surface area contributed by atoms with Gasteiger partial charge in [0, 0.05) is 18.7 Å². The second kappa shape index (κ2) is 7.86. The topological polar surface area (TPSA) is 113 Å². The zero-order valence-corrected chi connectivity index (χ0v) is 15.1. The van der Waals surface area contributed by atoms with E-state index in [-0.39, 0.29) is 18.7 Å². The van der Waals surface area contributed by atoms with E-state index >= 15 is 0 Å². The first-order chi connectivity index (χ1) is 12.7. The fourth-order valence-corrected chi connectivity index (χ4v) is 2.84. The van der Waals surface area contributed by atoms with Crippen LogP contribution < -0.4 is 11.1 Å². The number of hydrogen-bond acceptors (Lipinski definition) is 4. The third-order valence-electron chi connectivity index (χ3n) is 4.34. The minimum Gasteiger partial charge on any atom is -0.366 e. The zero-order valence-electron chi connectivity index (χ0n) is 15.1. The van der Waals surface area contributed by atoms with Crippen molar-refractivity contribution in [1.29, 1.82) is 0 Å². The Morgan fingerprint density at radius 1 is 1.26 bits per heavy atom. The zero-order chi connectivity index (χ0) is 20.2. The summed E-state index contributed by atoms with van der Waals surface area (Å²) < 4.78 is 0. The molecule has 1 heterocycles. The molecule has 1 aromatic carbocycles. The second-order valence-electron chi connectivity index (χ2n) is 6.27. The van der Waals surface area contributed by atoms with E-state index in [9.17, 15) is 19.2 Å². The van der Waals surface area contributed by atoms with E-state index in [1.165, 1.54) is 24.0 Å². The van der Waals surface area contributed by atoms with Crippen LogP contribution in [0.1, 0.15) is 22.8 Å². The van der Waals surface area contributed by atoms with Gasteiger partial charge in [0.05, 0.1) is 0 Å². The number of amides is 5. The number of benzene rings is 1. The van der Waals surface area contributed by atoms with Gasteiger partial charge in [0.15, 0.2) is 0 Å². The first-order valence-electron chi connectivity index (χ1n) is 8.28. The number of carbonyl (C=O) groups excluding carboxylic acids is 4. The maximum Gasteiger partial charge on any atom is 0.325 e. The highest BCUT2D eigenvalue weighted by molar-refractivity contribution is 6.09. The van der Waals surface area contributed by atoms with Crippen molar-refractivity contribution in [3.63, 3.8) is 0 Å². The molecule has 1 aromatic rings. The predicted molar refractivity (Wildman–Crippen MR) is 99.5 cm³/mol. The molecular formula is C19H22N4O4. The first kappa shape index (κ1) is 19.9. The summed E-state index contributed by atoms with van der Waals surface area (Å²) in [5, 5.41) is 2.60. The molecule has 1 aliphatic rings. The number of urea groups is 1. The van der Waals surface area contributed by atoms with Gasteiger partial charge in [0.2, 0.25) is 11.8 Å². The minimum absolute atomic E-state index is 0.216. The van der Waals surface area contributed by atoms with E-state index in [0.29, 0.717) is 5.56 Å². The molecule has 1 aliphatic heterocycles. The van der Waals surface area contributed by atoms with E-state index in [2.05, 4.69) is 18.5 Å². The van der Waals surface area contributed by atoms with Crippen LogP contribution in [0.25, 0.3) is 0 Å². The van der Waals surface area contributed by atoms with Crippen LogP contribution in [0.4, 0.5) is 4.79 Å². The largest absolute Gasteiger partial charge is 0.366 e. The molecule has 8 nitrogen and oxygen atoms in total. The summed E-state index contributed by atoms with van der Waals surface area (Å²) in [6.45, 7) is 8.82. The smallest absolute Gasteiger partial charge is 0.325 e. The summed E-state index contributed by atoms with van der Waals surface area (Å²) >= 11 is 0. The van der Waals surface area contributed by atoms with Gasteiger partial charge in [-0.3, -0.25) is 19.3 Å². The Bertz CT molecular complexity index is 810. The molecule has 0 spiro atoms. The molecule has 1 atom stereocenters. The van der Waals surface area contributed by atoms with Crippen LogP contribution in [0.3, 0.4) is 0 Å². The van der Waals surface area contributed by atoms with Crippen LogP contribution in [0.5, 0.6) is 0 Å². The number of nitrogens with two attached hydrogens (primary N) is 1. The normalized spacial score (nSPS) is 18.8. The van der Waals surface area contributed by atoms with Gasteiger partial charge in [-0.05, 0) is 24.6 Å². The molecule has 0 saturated carbocycles. The molecular weight excluding hydrogens is 348 g/mol. The molecule has 2 rings (SSSR count). The molecule has 3 N–H and O–H groups in total. The van der Waals surface area contributed by atoms with Gasteiger partial charge in [-0.2, -0.15) is 0 Å². The van der Waals surface area contributed by atoms with Gasteiger partial charge >= 0.3 is 6.03 Å². The lowest BCUT2D eigenvalue weighted by atomic mass is 9.90. The Balaban J connectivity index is 2.26. The van der Waals surface area contributed by atoms with Crippen LogP contribution in [0.2, 0.25) is 0 Å². The average molecular weight is 370 g/mol. The minimum atomic E-state index is -1.40. The maximum atomic E-state index is 12.9. The molecule has 0 aliphatic carbocycles. The van der Waals surface area contributed by atoms with Crippen molar-refractivity contribution in [2.75, 3.05) is 19.6 Å². The summed E-state index contributed by atoms with van der Waals surface area (Å²) in [7, 11) is 0. The predicted octanol–water partition coefficient (Wildman–Crippen LogP) is 0.753. The number of rotatable bonds is 8. The molecule has 0 aromatic heterocycles. The molecule has 1 saturated heterocycles. The molecule has 27 heavy (non-hydrogen) atoms. The highest BCUT2D eigenvalue weighted by atomic mass is 16.2. The van der Waals surface area contributed by atoms with E-state index in [0.717, 1.165) is 4.90 Å². The summed E-state index contributed by atoms with van der Waals surface area (Å²) in [6.07, 6.45) is 3.10. The molecule has 1 unspecified atom stereocenters. The summed E-state index contributed by atoms with van der Waals surface area (Å²) in [4.78, 5) is 51.4. The lowest BCUT2D eigenvalue weighted by Gasteiger charge is -2.24. The van der Waals surface area contributed by atoms with Gasteiger partial charge in [-0.1, -0.05) is 24.3 Å². The standard InChI is InChI=1S/C19H22N4O4/c1-4-9-22(10-5-2)15(24)12-23-17(26)19(3,21-18(23)27)14-8-6-7-13(11-14)16(20)25/h4-8,11H,1-2,9-10,12H2,3H3,(H2,20,25)(H,21,27). The quantitative estimate of drug-likeness (QED) is 0.519. The molecule has 8 heteroatoms. The van der Waals surface area contributed by atoms with Crippen molar-refractivity contribution in [3.05, 3.63) is 60.7 Å². The third-order valence-corrected chi connectivity index (χ3v) is 4.34. The number of imide groups is 1. The van der Waals surface area contributed by atoms with Gasteiger partial charge in [-0.25, -0.2) is 4.79 Å². The number of hydrogen-bond donors (Lipinski definition) is 2. The van der Waals surface area contributed by atoms with Crippen LogP contribution in [-0.4, -0.2) is 53.2 Å². The lowest BCUT2D eigenvalue weighted by molar-refractivity contribution is -0.138. The number of nitrogens with zero attached hydrogens (tertiary/aromatic N) is 2. The maximum absolute atomic E-state index is 12.9. The van der Waals surface area contributed by atoms with Gasteiger partial charge < -0.3 is 16.0 Å². The van der Waals surface area contributed by atoms with Gasteiger partial charge in [0.25, 0.3) is 5.91 Å². The Morgan fingerprint density at radius 2 is 1.89 bits per heavy atom. The van der Waals surface area contributed by atoms with Gasteiger partial charge in [-0.15, -0.1) is 13.2 Å². The lowest BCUT2D eigenvalue weighted by Crippen LogP contribution is -2.44. The molecule has 142 valence electrons.